The molecule has 0 saturated carbocycles. The van der Waals surface area contributed by atoms with Crippen molar-refractivity contribution in [2.45, 2.75) is 13.1 Å². The van der Waals surface area contributed by atoms with Crippen molar-refractivity contribution in [1.29, 1.82) is 0 Å². The first-order chi connectivity index (χ1) is 12.8. The molecule has 26 heavy (non-hydrogen) atoms. The van der Waals surface area contributed by atoms with E-state index in [1.54, 1.807) is 6.33 Å². The van der Waals surface area contributed by atoms with Gasteiger partial charge in [0, 0.05) is 26.2 Å². The molecule has 1 N–H and O–H groups in total. The van der Waals surface area contributed by atoms with E-state index in [0.29, 0.717) is 6.54 Å². The lowest BCUT2D eigenvalue weighted by molar-refractivity contribution is 0.174. The van der Waals surface area contributed by atoms with Crippen molar-refractivity contribution in [1.82, 2.24) is 9.97 Å². The fourth-order valence-electron chi connectivity index (χ4n) is 2.83. The van der Waals surface area contributed by atoms with Gasteiger partial charge in [0.05, 0.1) is 0 Å². The summed E-state index contributed by atoms with van der Waals surface area (Å²) in [4.78, 5) is 10.8. The van der Waals surface area contributed by atoms with Crippen LogP contribution in [0.25, 0.3) is 0 Å². The summed E-state index contributed by atoms with van der Waals surface area (Å²) in [5, 5.41) is 3.34. The number of benzene rings is 2. The number of rotatable bonds is 6. The average molecular weight is 348 g/mol. The first-order valence-corrected chi connectivity index (χ1v) is 8.47. The first-order valence-electron chi connectivity index (χ1n) is 8.47. The fraction of sp³-hybridized carbons (Fsp3) is 0.200. The zero-order chi connectivity index (χ0) is 17.8. The molecule has 6 nitrogen and oxygen atoms in total. The minimum absolute atomic E-state index is 0.287. The normalized spacial score (nSPS) is 12.0. The Balaban J connectivity index is 1.41. The molecular weight excluding hydrogens is 328 g/mol. The van der Waals surface area contributed by atoms with Crippen molar-refractivity contribution in [3.8, 4) is 11.5 Å². The summed E-state index contributed by atoms with van der Waals surface area (Å²) in [5.74, 6) is 3.24. The van der Waals surface area contributed by atoms with E-state index < -0.39 is 0 Å². The third-order valence-electron chi connectivity index (χ3n) is 4.22. The molecule has 0 saturated heterocycles. The molecular formula is C20H20N4O2. The predicted molar refractivity (Wildman–Crippen MR) is 100 cm³/mol. The summed E-state index contributed by atoms with van der Waals surface area (Å²) in [6, 6.07) is 18.2. The Labute approximate surface area is 152 Å². The van der Waals surface area contributed by atoms with Crippen molar-refractivity contribution in [2.24, 2.45) is 0 Å². The highest BCUT2D eigenvalue weighted by atomic mass is 16.7. The summed E-state index contributed by atoms with van der Waals surface area (Å²) in [6.45, 7) is 1.73. The smallest absolute Gasteiger partial charge is 0.231 e. The van der Waals surface area contributed by atoms with Crippen LogP contribution in [0, 0.1) is 0 Å². The number of ether oxygens (including phenoxy) is 2. The largest absolute Gasteiger partial charge is 0.454 e. The van der Waals surface area contributed by atoms with Crippen LogP contribution >= 0.6 is 0 Å². The van der Waals surface area contributed by atoms with Crippen molar-refractivity contribution >= 4 is 11.6 Å². The Morgan fingerprint density at radius 2 is 1.81 bits per heavy atom. The summed E-state index contributed by atoms with van der Waals surface area (Å²) in [7, 11) is 2.02. The number of aromatic nitrogens is 2. The summed E-state index contributed by atoms with van der Waals surface area (Å²) in [6.07, 6.45) is 1.58. The number of fused-ring (bicyclic) bond motifs is 1. The molecule has 0 spiro atoms. The van der Waals surface area contributed by atoms with Gasteiger partial charge in [-0.2, -0.15) is 0 Å². The number of hydrogen-bond acceptors (Lipinski definition) is 6. The number of hydrogen-bond donors (Lipinski definition) is 1. The second kappa shape index (κ2) is 7.31. The summed E-state index contributed by atoms with van der Waals surface area (Å²) >= 11 is 0. The molecule has 3 aromatic rings. The number of nitrogens with zero attached hydrogens (tertiary/aromatic N) is 3. The van der Waals surface area contributed by atoms with Crippen LogP contribution in [0.5, 0.6) is 11.5 Å². The van der Waals surface area contributed by atoms with Crippen LogP contribution in [0.15, 0.2) is 60.9 Å². The maximum atomic E-state index is 5.42. The minimum atomic E-state index is 0.287. The second-order valence-electron chi connectivity index (χ2n) is 6.14. The van der Waals surface area contributed by atoms with Gasteiger partial charge < -0.3 is 19.7 Å². The SMILES string of the molecule is CN(Cc1ccccc1)c1cc(NCc2ccc3c(c2)OCO3)ncn1. The molecule has 1 aliphatic heterocycles. The van der Waals surface area contributed by atoms with Crippen LogP contribution in [0.4, 0.5) is 11.6 Å². The second-order valence-corrected chi connectivity index (χ2v) is 6.14. The van der Waals surface area contributed by atoms with Crippen LogP contribution in [-0.2, 0) is 13.1 Å². The van der Waals surface area contributed by atoms with E-state index in [1.165, 1.54) is 5.56 Å². The van der Waals surface area contributed by atoms with Crippen molar-refractivity contribution < 1.29 is 9.47 Å². The molecule has 6 heteroatoms. The number of anilines is 2. The van der Waals surface area contributed by atoms with E-state index in [-0.39, 0.29) is 6.79 Å². The highest BCUT2D eigenvalue weighted by molar-refractivity contribution is 5.50. The van der Waals surface area contributed by atoms with E-state index in [2.05, 4.69) is 32.3 Å². The van der Waals surface area contributed by atoms with Crippen molar-refractivity contribution in [3.63, 3.8) is 0 Å². The Hall–Kier alpha value is -3.28. The quantitative estimate of drug-likeness (QED) is 0.736. The molecule has 0 unspecified atom stereocenters. The van der Waals surface area contributed by atoms with E-state index in [4.69, 9.17) is 9.47 Å². The standard InChI is InChI=1S/C20H20N4O2/c1-24(12-15-5-3-2-4-6-15)20-10-19(22-13-23-20)21-11-16-7-8-17-18(9-16)26-14-25-17/h2-10,13H,11-12,14H2,1H3,(H,21,22,23). The van der Waals surface area contributed by atoms with E-state index in [1.807, 2.05) is 49.5 Å². The molecule has 0 bridgehead atoms. The predicted octanol–water partition coefficient (Wildman–Crippen LogP) is 3.45. The lowest BCUT2D eigenvalue weighted by Gasteiger charge is -2.18. The van der Waals surface area contributed by atoms with E-state index in [9.17, 15) is 0 Å². The third-order valence-corrected chi connectivity index (χ3v) is 4.22. The molecule has 0 radical (unpaired) electrons. The molecule has 0 amide bonds. The van der Waals surface area contributed by atoms with Gasteiger partial charge >= 0.3 is 0 Å². The summed E-state index contributed by atoms with van der Waals surface area (Å²) in [5.41, 5.74) is 2.34. The third kappa shape index (κ3) is 3.69. The lowest BCUT2D eigenvalue weighted by atomic mass is 10.2. The van der Waals surface area contributed by atoms with Gasteiger partial charge in [0.1, 0.15) is 18.0 Å². The maximum Gasteiger partial charge on any atom is 0.231 e. The Kier molecular flexibility index (Phi) is 4.55. The Morgan fingerprint density at radius 3 is 2.69 bits per heavy atom. The van der Waals surface area contributed by atoms with Crippen molar-refractivity contribution in [2.75, 3.05) is 24.1 Å². The van der Waals surface area contributed by atoms with Crippen LogP contribution < -0.4 is 19.7 Å². The lowest BCUT2D eigenvalue weighted by Crippen LogP contribution is -2.18. The van der Waals surface area contributed by atoms with Crippen LogP contribution in [0.3, 0.4) is 0 Å². The monoisotopic (exact) mass is 348 g/mol. The summed E-state index contributed by atoms with van der Waals surface area (Å²) < 4.78 is 10.8. The Bertz CT molecular complexity index is 886. The zero-order valence-electron chi connectivity index (χ0n) is 14.6. The molecule has 1 aliphatic rings. The highest BCUT2D eigenvalue weighted by Crippen LogP contribution is 2.32. The topological polar surface area (TPSA) is 59.5 Å². The van der Waals surface area contributed by atoms with Crippen molar-refractivity contribution in [3.05, 3.63) is 72.1 Å². The van der Waals surface area contributed by atoms with E-state index >= 15 is 0 Å². The van der Waals surface area contributed by atoms with Gasteiger partial charge in [-0.15, -0.1) is 0 Å². The number of nitrogens with one attached hydrogen (secondary N) is 1. The highest BCUT2D eigenvalue weighted by Gasteiger charge is 2.13. The van der Waals surface area contributed by atoms with Gasteiger partial charge in [0.2, 0.25) is 6.79 Å². The van der Waals surface area contributed by atoms with Gasteiger partial charge in [-0.1, -0.05) is 36.4 Å². The van der Waals surface area contributed by atoms with Gasteiger partial charge in [-0.25, -0.2) is 9.97 Å². The molecule has 2 aromatic carbocycles. The van der Waals surface area contributed by atoms with Crippen LogP contribution in [-0.4, -0.2) is 23.8 Å². The van der Waals surface area contributed by atoms with Gasteiger partial charge in [-0.3, -0.25) is 0 Å². The van der Waals surface area contributed by atoms with Gasteiger partial charge in [0.25, 0.3) is 0 Å². The van der Waals surface area contributed by atoms with Gasteiger partial charge in [0.15, 0.2) is 11.5 Å². The molecule has 0 atom stereocenters. The van der Waals surface area contributed by atoms with Gasteiger partial charge in [-0.05, 0) is 23.3 Å². The van der Waals surface area contributed by atoms with Crippen LogP contribution in [0.1, 0.15) is 11.1 Å². The first kappa shape index (κ1) is 16.2. The minimum Gasteiger partial charge on any atom is -0.454 e. The molecule has 2 heterocycles. The average Bonchev–Trinajstić information content (AvgIpc) is 3.15. The zero-order valence-corrected chi connectivity index (χ0v) is 14.6. The Morgan fingerprint density at radius 1 is 0.962 bits per heavy atom. The molecule has 0 aliphatic carbocycles. The molecule has 0 fully saturated rings. The van der Waals surface area contributed by atoms with Crippen LogP contribution in [0.2, 0.25) is 0 Å². The molecule has 1 aromatic heterocycles. The fourth-order valence-corrected chi connectivity index (χ4v) is 2.83. The molecule has 4 rings (SSSR count). The molecule has 132 valence electrons. The maximum absolute atomic E-state index is 5.42. The van der Waals surface area contributed by atoms with E-state index in [0.717, 1.165) is 35.2 Å².